The summed E-state index contributed by atoms with van der Waals surface area (Å²) in [6, 6.07) is 15.3. The first-order valence-corrected chi connectivity index (χ1v) is 14.8. The van der Waals surface area contributed by atoms with Gasteiger partial charge in [0.15, 0.2) is 0 Å². The Morgan fingerprint density at radius 3 is 2.05 bits per heavy atom. The van der Waals surface area contributed by atoms with Gasteiger partial charge in [0.2, 0.25) is 0 Å². The van der Waals surface area contributed by atoms with Gasteiger partial charge in [-0.05, 0) is 54.3 Å². The van der Waals surface area contributed by atoms with E-state index in [0.717, 1.165) is 18.2 Å². The summed E-state index contributed by atoms with van der Waals surface area (Å²) in [7, 11) is -14.3. The number of rotatable bonds is 7. The largest absolute Gasteiger partial charge is 1.00 e. The summed E-state index contributed by atoms with van der Waals surface area (Å²) in [6.07, 6.45) is 0. The summed E-state index contributed by atoms with van der Waals surface area (Å²) >= 11 is 0. The number of para-hydroxylation sites is 1. The Labute approximate surface area is 274 Å². The van der Waals surface area contributed by atoms with Crippen LogP contribution in [0.15, 0.2) is 97.7 Å². The normalized spacial score (nSPS) is 12.1. The molecule has 0 radical (unpaired) electrons. The number of nitrogens with zero attached hydrogens (tertiary/aromatic N) is 2. The van der Waals surface area contributed by atoms with E-state index in [9.17, 15) is 39.5 Å². The Bertz CT molecular complexity index is 1930. The van der Waals surface area contributed by atoms with Crippen molar-refractivity contribution in [3.8, 4) is 5.75 Å². The van der Waals surface area contributed by atoms with Gasteiger partial charge >= 0.3 is 59.1 Å². The number of azo groups is 1. The molecule has 4 rings (SSSR count). The van der Waals surface area contributed by atoms with Crippen molar-refractivity contribution >= 4 is 58.1 Å². The van der Waals surface area contributed by atoms with E-state index in [-0.39, 0.29) is 75.1 Å². The van der Waals surface area contributed by atoms with Crippen molar-refractivity contribution in [2.75, 3.05) is 4.72 Å². The predicted molar refractivity (Wildman–Crippen MR) is 134 cm³/mol. The number of fused-ring (bicyclic) bond motifs is 1. The average molecular weight is 622 g/mol. The number of hydrogen-bond donors (Lipinski definition) is 2. The molecule has 0 heterocycles. The van der Waals surface area contributed by atoms with Crippen molar-refractivity contribution in [2.24, 2.45) is 10.2 Å². The van der Waals surface area contributed by atoms with Gasteiger partial charge in [0, 0.05) is 11.1 Å². The Kier molecular flexibility index (Phi) is 11.1. The monoisotopic (exact) mass is 621 g/mol. The second-order valence-electron chi connectivity index (χ2n) is 7.98. The number of hydrogen-bond acceptors (Lipinski definition) is 10. The zero-order valence-corrected chi connectivity index (χ0v) is 27.7. The molecule has 0 aliphatic heterocycles. The first kappa shape index (κ1) is 34.3. The molecule has 12 nitrogen and oxygen atoms in total. The Morgan fingerprint density at radius 2 is 1.45 bits per heavy atom. The van der Waals surface area contributed by atoms with Crippen molar-refractivity contribution in [1.82, 2.24) is 0 Å². The minimum absolute atomic E-state index is 0. The Balaban J connectivity index is 0.00000280. The molecule has 198 valence electrons. The first-order valence-electron chi connectivity index (χ1n) is 10.5. The molecule has 0 saturated heterocycles. The second-order valence-corrected chi connectivity index (χ2v) is 12.4. The minimum atomic E-state index is -5.13. The number of anilines is 1. The summed E-state index contributed by atoms with van der Waals surface area (Å²) in [5.74, 6) is -0.837. The van der Waals surface area contributed by atoms with E-state index < -0.39 is 56.9 Å². The molecule has 4 aromatic rings. The SMILES string of the molecule is Cc1ccc(S(=O)(=O)Nc2ccccc2)cc1N=Nc1c([O-])ccc2cc(S(=O)(=O)[O-])cc(S(=O)(=O)O)c12.[Na+].[Na+]. The van der Waals surface area contributed by atoms with E-state index in [1.807, 2.05) is 0 Å². The topological polar surface area (TPSA) is 206 Å². The molecule has 0 aromatic heterocycles. The van der Waals surface area contributed by atoms with Crippen LogP contribution in [-0.2, 0) is 30.3 Å². The zero-order valence-electron chi connectivity index (χ0n) is 21.3. The second kappa shape index (κ2) is 13.0. The van der Waals surface area contributed by atoms with Crippen LogP contribution in [0.4, 0.5) is 17.1 Å². The van der Waals surface area contributed by atoms with E-state index in [1.165, 1.54) is 18.2 Å². The van der Waals surface area contributed by atoms with E-state index in [4.69, 9.17) is 0 Å². The van der Waals surface area contributed by atoms with E-state index in [2.05, 4.69) is 15.0 Å². The molecule has 0 atom stereocenters. The fraction of sp³-hybridized carbons (Fsp3) is 0.0435. The molecular formula is C23H17N3Na2O9S3. The predicted octanol–water partition coefficient (Wildman–Crippen LogP) is -2.40. The quantitative estimate of drug-likeness (QED) is 0.128. The molecule has 0 spiro atoms. The number of sulfonamides is 1. The first-order chi connectivity index (χ1) is 17.7. The van der Waals surface area contributed by atoms with Gasteiger partial charge in [0.05, 0.1) is 21.2 Å². The molecule has 0 saturated carbocycles. The van der Waals surface area contributed by atoms with Crippen molar-refractivity contribution in [2.45, 2.75) is 21.6 Å². The molecular weight excluding hydrogens is 604 g/mol. The minimum Gasteiger partial charge on any atom is -0.871 e. The standard InChI is InChI=1S/C23H19N3O9S3.2Na/c1-14-7-9-17(36(28,29)26-16-5-3-2-4-6-16)12-19(14)24-25-23-20(27)10-8-15-11-18(37(30,31)32)13-21(22(15)23)38(33,34)35;;/h2-13,26-27H,1H3,(H,30,31,32)(H,33,34,35);;/q;2*+1/p-2. The van der Waals surface area contributed by atoms with Crippen LogP contribution >= 0.6 is 0 Å². The molecule has 0 amide bonds. The van der Waals surface area contributed by atoms with Crippen LogP contribution in [0.3, 0.4) is 0 Å². The average Bonchev–Trinajstić information content (AvgIpc) is 2.82. The number of nitrogens with one attached hydrogen (secondary N) is 1. The van der Waals surface area contributed by atoms with Gasteiger partial charge in [0.25, 0.3) is 20.1 Å². The van der Waals surface area contributed by atoms with Crippen LogP contribution < -0.4 is 68.9 Å². The molecule has 0 fully saturated rings. The maximum Gasteiger partial charge on any atom is 1.00 e. The molecule has 40 heavy (non-hydrogen) atoms. The van der Waals surface area contributed by atoms with Crippen LogP contribution in [0.1, 0.15) is 5.56 Å². The maximum absolute atomic E-state index is 12.8. The smallest absolute Gasteiger partial charge is 0.871 e. The van der Waals surface area contributed by atoms with Gasteiger partial charge in [-0.25, -0.2) is 16.8 Å². The third-order valence-electron chi connectivity index (χ3n) is 5.33. The molecule has 4 aromatic carbocycles. The molecule has 0 aliphatic rings. The van der Waals surface area contributed by atoms with Crippen molar-refractivity contribution in [3.05, 3.63) is 78.4 Å². The van der Waals surface area contributed by atoms with Crippen LogP contribution in [0.25, 0.3) is 10.8 Å². The molecule has 2 N–H and O–H groups in total. The van der Waals surface area contributed by atoms with Crippen molar-refractivity contribution < 1.29 is 98.6 Å². The summed E-state index contributed by atoms with van der Waals surface area (Å²) in [5, 5.41) is 19.7. The van der Waals surface area contributed by atoms with Gasteiger partial charge in [0.1, 0.15) is 15.0 Å². The molecule has 0 bridgehead atoms. The third-order valence-corrected chi connectivity index (χ3v) is 8.40. The van der Waals surface area contributed by atoms with Gasteiger partial charge < -0.3 is 9.66 Å². The maximum atomic E-state index is 12.8. The van der Waals surface area contributed by atoms with E-state index in [1.54, 1.807) is 37.3 Å². The number of aryl methyl sites for hydroxylation is 1. The van der Waals surface area contributed by atoms with Gasteiger partial charge in [-0.15, -0.1) is 0 Å². The summed E-state index contributed by atoms with van der Waals surface area (Å²) in [5.41, 5.74) is 0.208. The summed E-state index contributed by atoms with van der Waals surface area (Å²) < 4.78 is 96.3. The van der Waals surface area contributed by atoms with Crippen LogP contribution in [-0.4, -0.2) is 34.4 Å². The molecule has 0 aliphatic carbocycles. The molecule has 0 unspecified atom stereocenters. The Morgan fingerprint density at radius 1 is 0.800 bits per heavy atom. The third kappa shape index (κ3) is 7.68. The Hall–Kier alpha value is -1.89. The van der Waals surface area contributed by atoms with Crippen LogP contribution in [0.2, 0.25) is 0 Å². The van der Waals surface area contributed by atoms with Crippen molar-refractivity contribution in [3.63, 3.8) is 0 Å². The van der Waals surface area contributed by atoms with Crippen molar-refractivity contribution in [1.29, 1.82) is 0 Å². The molecule has 17 heteroatoms. The van der Waals surface area contributed by atoms with Crippen LogP contribution in [0.5, 0.6) is 5.75 Å². The fourth-order valence-electron chi connectivity index (χ4n) is 3.50. The summed E-state index contributed by atoms with van der Waals surface area (Å²) in [6.45, 7) is 1.59. The van der Waals surface area contributed by atoms with E-state index >= 15 is 0 Å². The zero-order chi connectivity index (χ0) is 27.9. The number of benzene rings is 4. The van der Waals surface area contributed by atoms with E-state index in [0.29, 0.717) is 17.3 Å². The summed E-state index contributed by atoms with van der Waals surface area (Å²) in [4.78, 5) is -2.15. The fourth-order valence-corrected chi connectivity index (χ4v) is 5.93. The van der Waals surface area contributed by atoms with Gasteiger partial charge in [-0.3, -0.25) is 9.27 Å². The van der Waals surface area contributed by atoms with Gasteiger partial charge in [-0.1, -0.05) is 42.1 Å². The van der Waals surface area contributed by atoms with Crippen LogP contribution in [0, 0.1) is 6.92 Å². The van der Waals surface area contributed by atoms with Gasteiger partial charge in [-0.2, -0.15) is 18.6 Å².